The van der Waals surface area contributed by atoms with Gasteiger partial charge in [-0.05, 0) is 36.8 Å². The number of nitrogens with zero attached hydrogens (tertiary/aromatic N) is 2. The summed E-state index contributed by atoms with van der Waals surface area (Å²) in [6.07, 6.45) is 2.32. The van der Waals surface area contributed by atoms with Crippen LogP contribution in [0.3, 0.4) is 0 Å². The Bertz CT molecular complexity index is 811. The smallest absolute Gasteiger partial charge is 0.293 e. The van der Waals surface area contributed by atoms with Crippen LogP contribution in [-0.4, -0.2) is 35.6 Å². The molecule has 0 unspecified atom stereocenters. The SMILES string of the molecule is Cc1ccccc1[C@@H]1[C@H]2CNC[C@H]2CN1C(=O)c1cc(C2CC2)no1. The number of carbonyl (C=O) groups is 1. The summed E-state index contributed by atoms with van der Waals surface area (Å²) < 4.78 is 5.42. The highest BCUT2D eigenvalue weighted by Crippen LogP contribution is 2.44. The third-order valence-corrected chi connectivity index (χ3v) is 6.07. The summed E-state index contributed by atoms with van der Waals surface area (Å²) in [5.74, 6) is 1.87. The maximum Gasteiger partial charge on any atom is 0.293 e. The number of rotatable bonds is 3. The van der Waals surface area contributed by atoms with Crippen molar-refractivity contribution in [2.45, 2.75) is 31.7 Å². The van der Waals surface area contributed by atoms with Gasteiger partial charge in [0.15, 0.2) is 0 Å². The molecule has 3 aliphatic rings. The van der Waals surface area contributed by atoms with Crippen molar-refractivity contribution in [1.82, 2.24) is 15.4 Å². The molecule has 3 atom stereocenters. The molecule has 2 aromatic rings. The average Bonchev–Trinajstić information content (AvgIpc) is 3.05. The Balaban J connectivity index is 1.49. The van der Waals surface area contributed by atoms with Gasteiger partial charge in [-0.2, -0.15) is 0 Å². The Morgan fingerprint density at radius 3 is 2.92 bits per heavy atom. The Morgan fingerprint density at radius 1 is 1.28 bits per heavy atom. The van der Waals surface area contributed by atoms with Crippen LogP contribution in [0.1, 0.15) is 52.2 Å². The summed E-state index contributed by atoms with van der Waals surface area (Å²) in [4.78, 5) is 15.2. The van der Waals surface area contributed by atoms with Crippen molar-refractivity contribution in [1.29, 1.82) is 0 Å². The lowest BCUT2D eigenvalue weighted by Crippen LogP contribution is -2.34. The minimum Gasteiger partial charge on any atom is -0.351 e. The molecule has 1 aromatic carbocycles. The third-order valence-electron chi connectivity index (χ3n) is 6.07. The third kappa shape index (κ3) is 2.49. The molecule has 0 bridgehead atoms. The molecule has 25 heavy (non-hydrogen) atoms. The van der Waals surface area contributed by atoms with Crippen molar-refractivity contribution in [3.8, 4) is 0 Å². The summed E-state index contributed by atoms with van der Waals surface area (Å²) in [5, 5.41) is 7.62. The van der Waals surface area contributed by atoms with Crippen LogP contribution in [0.25, 0.3) is 0 Å². The maximum atomic E-state index is 13.2. The first-order valence-corrected chi connectivity index (χ1v) is 9.26. The lowest BCUT2D eigenvalue weighted by Gasteiger charge is -2.28. The van der Waals surface area contributed by atoms with Crippen molar-refractivity contribution >= 4 is 5.91 Å². The number of aryl methyl sites for hydroxylation is 1. The van der Waals surface area contributed by atoms with Crippen molar-refractivity contribution in [3.63, 3.8) is 0 Å². The quantitative estimate of drug-likeness (QED) is 0.936. The van der Waals surface area contributed by atoms with Crippen LogP contribution < -0.4 is 5.32 Å². The molecular weight excluding hydrogens is 314 g/mol. The molecule has 130 valence electrons. The van der Waals surface area contributed by atoms with Crippen LogP contribution in [0.5, 0.6) is 0 Å². The molecule has 2 aliphatic heterocycles. The molecule has 1 aromatic heterocycles. The van der Waals surface area contributed by atoms with Crippen molar-refractivity contribution in [2.75, 3.05) is 19.6 Å². The normalized spacial score (nSPS) is 28.4. The minimum atomic E-state index is -0.0120. The second kappa shape index (κ2) is 5.70. The molecule has 1 saturated carbocycles. The van der Waals surface area contributed by atoms with Crippen LogP contribution in [-0.2, 0) is 0 Å². The van der Waals surface area contributed by atoms with Gasteiger partial charge in [0.05, 0.1) is 11.7 Å². The number of aromatic nitrogens is 1. The van der Waals surface area contributed by atoms with E-state index in [2.05, 4.69) is 41.7 Å². The second-order valence-corrected chi connectivity index (χ2v) is 7.73. The molecule has 3 heterocycles. The molecule has 1 amide bonds. The van der Waals surface area contributed by atoms with Crippen LogP contribution in [0.2, 0.25) is 0 Å². The van der Waals surface area contributed by atoms with Gasteiger partial charge >= 0.3 is 0 Å². The van der Waals surface area contributed by atoms with E-state index < -0.39 is 0 Å². The zero-order chi connectivity index (χ0) is 17.0. The summed E-state index contributed by atoms with van der Waals surface area (Å²) in [7, 11) is 0. The summed E-state index contributed by atoms with van der Waals surface area (Å²) in [5.41, 5.74) is 3.44. The highest BCUT2D eigenvalue weighted by molar-refractivity contribution is 5.92. The Kier molecular flexibility index (Phi) is 3.45. The van der Waals surface area contributed by atoms with E-state index in [9.17, 15) is 4.79 Å². The Morgan fingerprint density at radius 2 is 2.12 bits per heavy atom. The predicted octanol–water partition coefficient (Wildman–Crippen LogP) is 2.89. The molecule has 0 radical (unpaired) electrons. The number of benzene rings is 1. The van der Waals surface area contributed by atoms with Crippen LogP contribution in [0, 0.1) is 18.8 Å². The van der Waals surface area contributed by atoms with Gasteiger partial charge in [0.2, 0.25) is 5.76 Å². The van der Waals surface area contributed by atoms with E-state index in [4.69, 9.17) is 4.52 Å². The zero-order valence-electron chi connectivity index (χ0n) is 14.4. The fraction of sp³-hybridized carbons (Fsp3) is 0.500. The van der Waals surface area contributed by atoms with E-state index in [-0.39, 0.29) is 11.9 Å². The first-order chi connectivity index (χ1) is 12.2. The first-order valence-electron chi connectivity index (χ1n) is 9.26. The summed E-state index contributed by atoms with van der Waals surface area (Å²) >= 11 is 0. The molecular formula is C20H23N3O2. The van der Waals surface area contributed by atoms with Crippen molar-refractivity contribution < 1.29 is 9.32 Å². The first kappa shape index (κ1) is 15.1. The number of hydrogen-bond donors (Lipinski definition) is 1. The van der Waals surface area contributed by atoms with E-state index in [1.54, 1.807) is 0 Å². The number of carbonyl (C=O) groups excluding carboxylic acids is 1. The summed E-state index contributed by atoms with van der Waals surface area (Å²) in [6.45, 7) is 4.88. The van der Waals surface area contributed by atoms with Crippen LogP contribution in [0.4, 0.5) is 0 Å². The number of amides is 1. The largest absolute Gasteiger partial charge is 0.351 e. The summed E-state index contributed by atoms with van der Waals surface area (Å²) in [6, 6.07) is 10.4. The van der Waals surface area contributed by atoms with E-state index in [1.165, 1.54) is 11.1 Å². The van der Waals surface area contributed by atoms with Gasteiger partial charge in [0, 0.05) is 37.5 Å². The van der Waals surface area contributed by atoms with E-state index in [0.29, 0.717) is 23.5 Å². The minimum absolute atomic E-state index is 0.0120. The zero-order valence-corrected chi connectivity index (χ0v) is 14.4. The van der Waals surface area contributed by atoms with E-state index in [0.717, 1.165) is 38.2 Å². The number of hydrogen-bond acceptors (Lipinski definition) is 4. The lowest BCUT2D eigenvalue weighted by molar-refractivity contribution is 0.0671. The highest BCUT2D eigenvalue weighted by atomic mass is 16.5. The van der Waals surface area contributed by atoms with Gasteiger partial charge < -0.3 is 14.7 Å². The lowest BCUT2D eigenvalue weighted by atomic mass is 9.87. The molecule has 1 N–H and O–H groups in total. The van der Waals surface area contributed by atoms with E-state index >= 15 is 0 Å². The molecule has 5 heteroatoms. The van der Waals surface area contributed by atoms with Gasteiger partial charge in [-0.15, -0.1) is 0 Å². The van der Waals surface area contributed by atoms with E-state index in [1.807, 2.05) is 11.0 Å². The van der Waals surface area contributed by atoms with Crippen LogP contribution in [0.15, 0.2) is 34.9 Å². The number of likely N-dealkylation sites (tertiary alicyclic amines) is 1. The van der Waals surface area contributed by atoms with Gasteiger partial charge in [0.25, 0.3) is 5.91 Å². The molecule has 5 nitrogen and oxygen atoms in total. The second-order valence-electron chi connectivity index (χ2n) is 7.73. The molecule has 0 spiro atoms. The topological polar surface area (TPSA) is 58.4 Å². The highest BCUT2D eigenvalue weighted by Gasteiger charge is 2.48. The van der Waals surface area contributed by atoms with Gasteiger partial charge in [-0.3, -0.25) is 4.79 Å². The van der Waals surface area contributed by atoms with Crippen molar-refractivity contribution in [3.05, 3.63) is 52.9 Å². The Hall–Kier alpha value is -2.14. The maximum absolute atomic E-state index is 13.2. The fourth-order valence-electron chi connectivity index (χ4n) is 4.55. The van der Waals surface area contributed by atoms with Gasteiger partial charge in [0.1, 0.15) is 0 Å². The average molecular weight is 337 g/mol. The number of nitrogens with one attached hydrogen (secondary N) is 1. The molecule has 2 saturated heterocycles. The molecule has 5 rings (SSSR count). The van der Waals surface area contributed by atoms with Gasteiger partial charge in [-0.1, -0.05) is 29.4 Å². The molecule has 1 aliphatic carbocycles. The van der Waals surface area contributed by atoms with Gasteiger partial charge in [-0.25, -0.2) is 0 Å². The monoisotopic (exact) mass is 337 g/mol. The molecule has 3 fully saturated rings. The van der Waals surface area contributed by atoms with Crippen molar-refractivity contribution in [2.24, 2.45) is 11.8 Å². The Labute approximate surface area is 147 Å². The fourth-order valence-corrected chi connectivity index (χ4v) is 4.55. The predicted molar refractivity (Wildman–Crippen MR) is 93.3 cm³/mol. The number of fused-ring (bicyclic) bond motifs is 1. The standard InChI is InChI=1S/C20H23N3O2/c1-12-4-2-3-5-15(12)19-16-10-21-9-14(16)11-23(19)20(24)18-8-17(22-25-18)13-6-7-13/h2-5,8,13-14,16,19,21H,6-7,9-11H2,1H3/t14-,16-,19+/m0/s1. The van der Waals surface area contributed by atoms with Crippen LogP contribution >= 0.6 is 0 Å².